The summed E-state index contributed by atoms with van der Waals surface area (Å²) in [6.45, 7) is 0. The fourth-order valence-electron chi connectivity index (χ4n) is 3.09. The topological polar surface area (TPSA) is 85.4 Å². The highest BCUT2D eigenvalue weighted by atomic mass is 19.2. The molecule has 0 saturated carbocycles. The Kier molecular flexibility index (Phi) is 3.98. The smallest absolute Gasteiger partial charge is 0.176 e. The number of benzene rings is 1. The van der Waals surface area contributed by atoms with Crippen LogP contribution < -0.4 is 0 Å². The lowest BCUT2D eigenvalue weighted by atomic mass is 10.0. The Morgan fingerprint density at radius 2 is 2.03 bits per heavy atom. The van der Waals surface area contributed by atoms with E-state index in [0.717, 1.165) is 17.0 Å². The van der Waals surface area contributed by atoms with Crippen molar-refractivity contribution < 1.29 is 13.3 Å². The Bertz CT molecular complexity index is 1340. The number of nitrogens with one attached hydrogen (secondary N) is 1. The van der Waals surface area contributed by atoms with E-state index in [2.05, 4.69) is 25.2 Å². The van der Waals surface area contributed by atoms with Gasteiger partial charge in [0.25, 0.3) is 0 Å². The number of halogens is 2. The van der Waals surface area contributed by atoms with E-state index in [1.165, 1.54) is 24.7 Å². The van der Waals surface area contributed by atoms with E-state index in [0.29, 0.717) is 22.5 Å². The van der Waals surface area contributed by atoms with Gasteiger partial charge in [-0.15, -0.1) is 0 Å². The van der Waals surface area contributed by atoms with E-state index >= 15 is 0 Å². The first-order chi connectivity index (χ1) is 14.2. The van der Waals surface area contributed by atoms with Crippen molar-refractivity contribution in [2.75, 3.05) is 0 Å². The van der Waals surface area contributed by atoms with Gasteiger partial charge in [0, 0.05) is 35.1 Å². The van der Waals surface area contributed by atoms with Gasteiger partial charge in [0.1, 0.15) is 18.3 Å². The molecule has 4 aromatic heterocycles. The molecule has 0 atom stereocenters. The fourth-order valence-corrected chi connectivity index (χ4v) is 3.09. The molecule has 0 aliphatic rings. The molecule has 0 radical (unpaired) electrons. The van der Waals surface area contributed by atoms with Gasteiger partial charge >= 0.3 is 0 Å². The van der Waals surface area contributed by atoms with Gasteiger partial charge in [-0.3, -0.25) is 0 Å². The summed E-state index contributed by atoms with van der Waals surface area (Å²) in [5.74, 6) is -1.57. The second-order valence-electron chi connectivity index (χ2n) is 6.23. The summed E-state index contributed by atoms with van der Waals surface area (Å²) in [6.07, 6.45) is 11.3. The first-order valence-corrected chi connectivity index (χ1v) is 8.59. The molecule has 7 nitrogen and oxygen atoms in total. The molecule has 1 aromatic carbocycles. The van der Waals surface area contributed by atoms with Crippen molar-refractivity contribution in [1.29, 1.82) is 0 Å². The maximum atomic E-state index is 14.3. The largest absolute Gasteiger partial charge is 0.356 e. The van der Waals surface area contributed by atoms with Gasteiger partial charge in [0.05, 0.1) is 11.8 Å². The molecule has 0 aliphatic heterocycles. The highest BCUT2D eigenvalue weighted by Gasteiger charge is 2.20. The summed E-state index contributed by atoms with van der Waals surface area (Å²) in [7, 11) is 0. The highest BCUT2D eigenvalue weighted by Crippen LogP contribution is 2.37. The van der Waals surface area contributed by atoms with Crippen molar-refractivity contribution >= 4 is 23.3 Å². The van der Waals surface area contributed by atoms with Crippen LogP contribution in [0.15, 0.2) is 60.0 Å². The van der Waals surface area contributed by atoms with Crippen LogP contribution in [0.4, 0.5) is 8.78 Å². The van der Waals surface area contributed by atoms with E-state index in [9.17, 15) is 8.78 Å². The zero-order valence-corrected chi connectivity index (χ0v) is 14.8. The standard InChI is InChI=1S/C20H12F2N6O/c21-17-3-1-2-13(18(17)22)16-9-27-29-19(16)15-8-25-20-14(15)6-12(7-24-20)4-5-28-11-23-10-26-28/h1-11H,(H,24,25)/b5-4+. The third-order valence-electron chi connectivity index (χ3n) is 4.47. The molecule has 142 valence electrons. The monoisotopic (exact) mass is 390 g/mol. The second kappa shape index (κ2) is 6.79. The van der Waals surface area contributed by atoms with Crippen LogP contribution in [-0.4, -0.2) is 29.9 Å². The van der Waals surface area contributed by atoms with Gasteiger partial charge in [-0.2, -0.15) is 5.10 Å². The average Bonchev–Trinajstić information content (AvgIpc) is 3.48. The predicted octanol–water partition coefficient (Wildman–Crippen LogP) is 4.38. The zero-order chi connectivity index (χ0) is 19.8. The van der Waals surface area contributed by atoms with Crippen LogP contribution in [0.25, 0.3) is 45.8 Å². The van der Waals surface area contributed by atoms with Crippen LogP contribution in [0.3, 0.4) is 0 Å². The predicted molar refractivity (Wildman–Crippen MR) is 102 cm³/mol. The van der Waals surface area contributed by atoms with Gasteiger partial charge in [0.2, 0.25) is 0 Å². The average molecular weight is 390 g/mol. The fraction of sp³-hybridized carbons (Fsp3) is 0. The van der Waals surface area contributed by atoms with Crippen molar-refractivity contribution in [2.45, 2.75) is 0 Å². The maximum Gasteiger partial charge on any atom is 0.176 e. The van der Waals surface area contributed by atoms with Crippen molar-refractivity contribution in [3.63, 3.8) is 0 Å². The van der Waals surface area contributed by atoms with Crippen molar-refractivity contribution in [3.8, 4) is 22.5 Å². The zero-order valence-electron chi connectivity index (χ0n) is 14.8. The molecular formula is C20H12F2N6O. The van der Waals surface area contributed by atoms with E-state index in [1.807, 2.05) is 12.1 Å². The highest BCUT2D eigenvalue weighted by molar-refractivity contribution is 5.97. The Labute approximate surface area is 162 Å². The van der Waals surface area contributed by atoms with Crippen molar-refractivity contribution in [1.82, 2.24) is 29.9 Å². The Hall–Kier alpha value is -4.14. The molecule has 0 unspecified atom stereocenters. The van der Waals surface area contributed by atoms with Crippen LogP contribution in [-0.2, 0) is 0 Å². The summed E-state index contributed by atoms with van der Waals surface area (Å²) >= 11 is 0. The number of pyridine rings is 1. The number of aromatic nitrogens is 6. The van der Waals surface area contributed by atoms with E-state index in [1.54, 1.807) is 29.6 Å². The minimum absolute atomic E-state index is 0.0748. The van der Waals surface area contributed by atoms with Gasteiger partial charge < -0.3 is 9.51 Å². The quantitative estimate of drug-likeness (QED) is 0.492. The summed E-state index contributed by atoms with van der Waals surface area (Å²) < 4.78 is 35.0. The minimum atomic E-state index is -0.952. The number of hydrogen-bond donors (Lipinski definition) is 1. The molecule has 4 heterocycles. The van der Waals surface area contributed by atoms with Crippen LogP contribution >= 0.6 is 0 Å². The number of rotatable bonds is 4. The molecule has 1 N–H and O–H groups in total. The van der Waals surface area contributed by atoms with Gasteiger partial charge in [-0.05, 0) is 23.8 Å². The van der Waals surface area contributed by atoms with E-state index in [4.69, 9.17) is 4.52 Å². The molecule has 0 spiro atoms. The third-order valence-corrected chi connectivity index (χ3v) is 4.47. The molecule has 0 bridgehead atoms. The van der Waals surface area contributed by atoms with Gasteiger partial charge in [-0.25, -0.2) is 23.4 Å². The number of fused-ring (bicyclic) bond motifs is 1. The lowest BCUT2D eigenvalue weighted by Crippen LogP contribution is -1.89. The van der Waals surface area contributed by atoms with Gasteiger partial charge in [0.15, 0.2) is 17.4 Å². The molecule has 5 aromatic rings. The van der Waals surface area contributed by atoms with Crippen LogP contribution in [0, 0.1) is 11.6 Å². The summed E-state index contributed by atoms with van der Waals surface area (Å²) in [5.41, 5.74) is 2.50. The lowest BCUT2D eigenvalue weighted by molar-refractivity contribution is 0.432. The maximum absolute atomic E-state index is 14.3. The molecule has 29 heavy (non-hydrogen) atoms. The summed E-state index contributed by atoms with van der Waals surface area (Å²) in [5, 5.41) is 8.55. The second-order valence-corrected chi connectivity index (χ2v) is 6.23. The number of H-pyrrole nitrogens is 1. The first kappa shape index (κ1) is 17.0. The molecule has 0 amide bonds. The molecule has 5 rings (SSSR count). The van der Waals surface area contributed by atoms with E-state index < -0.39 is 11.6 Å². The Balaban J connectivity index is 1.61. The Morgan fingerprint density at radius 3 is 2.90 bits per heavy atom. The summed E-state index contributed by atoms with van der Waals surface area (Å²) in [4.78, 5) is 11.3. The molecule has 0 saturated heterocycles. The van der Waals surface area contributed by atoms with E-state index in [-0.39, 0.29) is 5.56 Å². The summed E-state index contributed by atoms with van der Waals surface area (Å²) in [6, 6.07) is 5.88. The van der Waals surface area contributed by atoms with Crippen molar-refractivity contribution in [2.24, 2.45) is 0 Å². The molecule has 0 aliphatic carbocycles. The molecular weight excluding hydrogens is 378 g/mol. The number of aromatic amines is 1. The number of hydrogen-bond acceptors (Lipinski definition) is 5. The third kappa shape index (κ3) is 2.98. The first-order valence-electron chi connectivity index (χ1n) is 8.59. The van der Waals surface area contributed by atoms with Gasteiger partial charge in [-0.1, -0.05) is 17.3 Å². The minimum Gasteiger partial charge on any atom is -0.356 e. The Morgan fingerprint density at radius 1 is 1.10 bits per heavy atom. The van der Waals surface area contributed by atoms with Crippen LogP contribution in [0.2, 0.25) is 0 Å². The van der Waals surface area contributed by atoms with Crippen LogP contribution in [0.1, 0.15) is 5.56 Å². The van der Waals surface area contributed by atoms with Crippen molar-refractivity contribution in [3.05, 3.63) is 72.7 Å². The number of nitrogens with zero attached hydrogens (tertiary/aromatic N) is 5. The molecule has 0 fully saturated rings. The lowest BCUT2D eigenvalue weighted by Gasteiger charge is -2.03. The SMILES string of the molecule is Fc1cccc(-c2cnoc2-c2c[nH]c3ncc(/C=C/n4cncn4)cc23)c1F. The van der Waals surface area contributed by atoms with Crippen LogP contribution in [0.5, 0.6) is 0 Å². The molecule has 9 heteroatoms. The normalized spacial score (nSPS) is 11.7.